The van der Waals surface area contributed by atoms with Crippen LogP contribution in [0.15, 0.2) is 23.4 Å². The number of hydrogen-bond acceptors (Lipinski definition) is 3. The molecule has 1 aromatic carbocycles. The van der Waals surface area contributed by atoms with Gasteiger partial charge in [-0.3, -0.25) is 4.90 Å². The molecule has 0 amide bonds. The lowest BCUT2D eigenvalue weighted by Crippen LogP contribution is -2.39. The van der Waals surface area contributed by atoms with Crippen LogP contribution in [0.4, 0.5) is 4.39 Å². The molecule has 0 radical (unpaired) electrons. The Labute approximate surface area is 125 Å². The fourth-order valence-electron chi connectivity index (χ4n) is 3.04. The van der Waals surface area contributed by atoms with Crippen molar-refractivity contribution in [2.24, 2.45) is 10.9 Å². The van der Waals surface area contributed by atoms with Crippen molar-refractivity contribution >= 4 is 5.84 Å². The Hall–Kier alpha value is -1.62. The fraction of sp³-hybridized carbons (Fsp3) is 0.562. The molecular formula is C16H24FN3O. The molecule has 1 fully saturated rings. The van der Waals surface area contributed by atoms with E-state index in [1.807, 2.05) is 0 Å². The first-order valence-corrected chi connectivity index (χ1v) is 7.66. The first-order valence-electron chi connectivity index (χ1n) is 7.66. The number of piperidine rings is 1. The third-order valence-electron chi connectivity index (χ3n) is 4.20. The molecule has 0 saturated carbocycles. The molecular weight excluding hydrogens is 269 g/mol. The molecule has 1 atom stereocenters. The van der Waals surface area contributed by atoms with Gasteiger partial charge in [0.25, 0.3) is 0 Å². The number of nitrogens with two attached hydrogens (primary N) is 1. The van der Waals surface area contributed by atoms with Gasteiger partial charge in [-0.2, -0.15) is 0 Å². The fourth-order valence-corrected chi connectivity index (χ4v) is 3.04. The molecule has 0 spiro atoms. The first kappa shape index (κ1) is 15.8. The van der Waals surface area contributed by atoms with Crippen LogP contribution >= 0.6 is 0 Å². The molecule has 4 nitrogen and oxygen atoms in total. The molecule has 1 unspecified atom stereocenters. The molecule has 1 heterocycles. The molecule has 3 N–H and O–H groups in total. The molecule has 1 aromatic rings. The third-order valence-corrected chi connectivity index (χ3v) is 4.20. The van der Waals surface area contributed by atoms with Crippen molar-refractivity contribution in [2.75, 3.05) is 6.54 Å². The minimum Gasteiger partial charge on any atom is -0.409 e. The van der Waals surface area contributed by atoms with Gasteiger partial charge in [0.05, 0.1) is 0 Å². The second kappa shape index (κ2) is 7.41. The number of oxime groups is 1. The highest BCUT2D eigenvalue weighted by Crippen LogP contribution is 2.24. The second-order valence-electron chi connectivity index (χ2n) is 5.70. The molecule has 0 aromatic heterocycles. The van der Waals surface area contributed by atoms with E-state index < -0.39 is 0 Å². The van der Waals surface area contributed by atoms with Gasteiger partial charge in [0.2, 0.25) is 0 Å². The Balaban J connectivity index is 2.11. The van der Waals surface area contributed by atoms with E-state index in [1.54, 1.807) is 12.1 Å². The van der Waals surface area contributed by atoms with Crippen molar-refractivity contribution in [3.05, 3.63) is 35.1 Å². The van der Waals surface area contributed by atoms with Crippen molar-refractivity contribution in [2.45, 2.75) is 51.6 Å². The van der Waals surface area contributed by atoms with Gasteiger partial charge in [0.1, 0.15) is 5.82 Å². The van der Waals surface area contributed by atoms with Crippen molar-refractivity contribution in [3.8, 4) is 0 Å². The van der Waals surface area contributed by atoms with Crippen LogP contribution in [-0.2, 0) is 6.54 Å². The van der Waals surface area contributed by atoms with Crippen molar-refractivity contribution in [1.29, 1.82) is 0 Å². The smallest absolute Gasteiger partial charge is 0.170 e. The minimum absolute atomic E-state index is 0.0673. The van der Waals surface area contributed by atoms with Crippen molar-refractivity contribution in [3.63, 3.8) is 0 Å². The Morgan fingerprint density at radius 1 is 1.48 bits per heavy atom. The molecule has 116 valence electrons. The average molecular weight is 293 g/mol. The van der Waals surface area contributed by atoms with Gasteiger partial charge < -0.3 is 10.9 Å². The van der Waals surface area contributed by atoms with Gasteiger partial charge in [0, 0.05) is 23.7 Å². The molecule has 5 heteroatoms. The summed E-state index contributed by atoms with van der Waals surface area (Å²) in [5.41, 5.74) is 6.56. The van der Waals surface area contributed by atoms with Crippen LogP contribution in [0, 0.1) is 5.82 Å². The number of nitrogens with zero attached hydrogens (tertiary/aromatic N) is 2. The predicted molar refractivity (Wildman–Crippen MR) is 81.9 cm³/mol. The highest BCUT2D eigenvalue weighted by atomic mass is 19.1. The summed E-state index contributed by atoms with van der Waals surface area (Å²) in [6, 6.07) is 5.34. The molecule has 1 saturated heterocycles. The highest BCUT2D eigenvalue weighted by Gasteiger charge is 2.22. The van der Waals surface area contributed by atoms with Gasteiger partial charge in [-0.15, -0.1) is 0 Å². The van der Waals surface area contributed by atoms with Crippen molar-refractivity contribution in [1.82, 2.24) is 4.90 Å². The highest BCUT2D eigenvalue weighted by molar-refractivity contribution is 5.97. The maximum Gasteiger partial charge on any atom is 0.170 e. The van der Waals surface area contributed by atoms with Crippen LogP contribution in [0.2, 0.25) is 0 Å². The summed E-state index contributed by atoms with van der Waals surface area (Å²) < 4.78 is 14.2. The van der Waals surface area contributed by atoms with E-state index in [1.165, 1.54) is 31.7 Å². The summed E-state index contributed by atoms with van der Waals surface area (Å²) in [5, 5.41) is 11.5. The van der Waals surface area contributed by atoms with Crippen LogP contribution in [0.3, 0.4) is 0 Å². The molecule has 0 aliphatic carbocycles. The maximum absolute atomic E-state index is 14.2. The summed E-state index contributed by atoms with van der Waals surface area (Å²) in [4.78, 5) is 2.38. The lowest BCUT2D eigenvalue weighted by atomic mass is 9.97. The van der Waals surface area contributed by atoms with Gasteiger partial charge in [-0.05, 0) is 31.9 Å². The van der Waals surface area contributed by atoms with Crippen LogP contribution in [0.25, 0.3) is 0 Å². The summed E-state index contributed by atoms with van der Waals surface area (Å²) in [7, 11) is 0. The second-order valence-corrected chi connectivity index (χ2v) is 5.70. The van der Waals surface area contributed by atoms with E-state index in [2.05, 4.69) is 17.0 Å². The monoisotopic (exact) mass is 293 g/mol. The number of amidine groups is 1. The number of hydrogen-bond donors (Lipinski definition) is 2. The SMILES string of the molecule is CCCC1CCCCN1Cc1ccc(/C(N)=N/O)cc1F. The zero-order chi connectivity index (χ0) is 15.2. The Kier molecular flexibility index (Phi) is 5.56. The minimum atomic E-state index is -0.292. The predicted octanol–water partition coefficient (Wildman–Crippen LogP) is 3.07. The molecule has 2 rings (SSSR count). The summed E-state index contributed by atoms with van der Waals surface area (Å²) in [6.45, 7) is 3.86. The van der Waals surface area contributed by atoms with E-state index >= 15 is 0 Å². The number of rotatable bonds is 5. The lowest BCUT2D eigenvalue weighted by molar-refractivity contribution is 0.130. The molecule has 21 heavy (non-hydrogen) atoms. The van der Waals surface area contributed by atoms with Crippen molar-refractivity contribution < 1.29 is 9.60 Å². The lowest BCUT2D eigenvalue weighted by Gasteiger charge is -2.35. The Bertz CT molecular complexity index is 502. The van der Waals surface area contributed by atoms with Crippen LogP contribution in [0.5, 0.6) is 0 Å². The number of benzene rings is 1. The van der Waals surface area contributed by atoms with Gasteiger partial charge in [-0.1, -0.05) is 37.1 Å². The standard InChI is InChI=1S/C16H24FN3O/c1-2-5-14-6-3-4-9-20(14)11-13-8-7-12(10-15(13)17)16(18)19-21/h7-8,10,14,21H,2-6,9,11H2,1H3,(H2,18,19). The van der Waals surface area contributed by atoms with E-state index in [4.69, 9.17) is 10.9 Å². The molecule has 0 bridgehead atoms. The maximum atomic E-state index is 14.2. The van der Waals surface area contributed by atoms with Gasteiger partial charge in [0.15, 0.2) is 5.84 Å². The Morgan fingerprint density at radius 3 is 2.95 bits per heavy atom. The normalized spacial score (nSPS) is 20.7. The Morgan fingerprint density at radius 2 is 2.29 bits per heavy atom. The molecule has 1 aliphatic heterocycles. The summed E-state index contributed by atoms with van der Waals surface area (Å²) in [6.07, 6.45) is 5.99. The summed E-state index contributed by atoms with van der Waals surface area (Å²) in [5.74, 6) is -0.359. The first-order chi connectivity index (χ1) is 10.2. The van der Waals surface area contributed by atoms with Crippen LogP contribution < -0.4 is 5.73 Å². The largest absolute Gasteiger partial charge is 0.409 e. The summed E-state index contributed by atoms with van der Waals surface area (Å²) >= 11 is 0. The van der Waals surface area contributed by atoms with E-state index in [9.17, 15) is 4.39 Å². The number of halogens is 1. The average Bonchev–Trinajstić information content (AvgIpc) is 2.50. The quantitative estimate of drug-likeness (QED) is 0.379. The topological polar surface area (TPSA) is 61.8 Å². The van der Waals surface area contributed by atoms with Crippen LogP contribution in [0.1, 0.15) is 50.2 Å². The van der Waals surface area contributed by atoms with Gasteiger partial charge >= 0.3 is 0 Å². The molecule has 1 aliphatic rings. The number of likely N-dealkylation sites (tertiary alicyclic amines) is 1. The zero-order valence-corrected chi connectivity index (χ0v) is 12.6. The van der Waals surface area contributed by atoms with Gasteiger partial charge in [-0.25, -0.2) is 4.39 Å². The zero-order valence-electron chi connectivity index (χ0n) is 12.6. The van der Waals surface area contributed by atoms with E-state index in [0.717, 1.165) is 13.0 Å². The van der Waals surface area contributed by atoms with E-state index in [-0.39, 0.29) is 11.7 Å². The van der Waals surface area contributed by atoms with E-state index in [0.29, 0.717) is 23.7 Å². The van der Waals surface area contributed by atoms with Crippen LogP contribution in [-0.4, -0.2) is 28.5 Å². The third kappa shape index (κ3) is 3.94.